The molecular weight excluding hydrogens is 250 g/mol. The standard InChI is InChI=1S/C16H27NOSi/c1-13(2)19(14(3)4,17(5)6)12-11-15-9-7-8-10-16(15)18/h7-14,18H,1-6H3/b12-11+. The van der Waals surface area contributed by atoms with Crippen molar-refractivity contribution in [1.82, 2.24) is 4.57 Å². The Kier molecular flexibility index (Phi) is 5.38. The van der Waals surface area contributed by atoms with Crippen LogP contribution in [0.15, 0.2) is 30.0 Å². The van der Waals surface area contributed by atoms with Gasteiger partial charge < -0.3 is 9.67 Å². The maximum Gasteiger partial charge on any atom is 0.157 e. The molecule has 3 heteroatoms. The number of benzene rings is 1. The van der Waals surface area contributed by atoms with E-state index in [0.717, 1.165) is 5.56 Å². The Morgan fingerprint density at radius 2 is 1.58 bits per heavy atom. The van der Waals surface area contributed by atoms with Gasteiger partial charge in [0.2, 0.25) is 0 Å². The molecule has 0 aliphatic rings. The molecule has 0 unspecified atom stereocenters. The van der Waals surface area contributed by atoms with E-state index in [-0.39, 0.29) is 0 Å². The topological polar surface area (TPSA) is 23.5 Å². The quantitative estimate of drug-likeness (QED) is 0.812. The van der Waals surface area contributed by atoms with Crippen LogP contribution in [0.1, 0.15) is 33.3 Å². The number of para-hydroxylation sites is 1. The molecule has 0 saturated carbocycles. The molecule has 1 rings (SSSR count). The lowest BCUT2D eigenvalue weighted by Crippen LogP contribution is -2.53. The van der Waals surface area contributed by atoms with E-state index in [1.165, 1.54) is 0 Å². The average Bonchev–Trinajstić information content (AvgIpc) is 2.30. The van der Waals surface area contributed by atoms with E-state index in [1.807, 2.05) is 18.2 Å². The molecule has 0 fully saturated rings. The van der Waals surface area contributed by atoms with Crippen molar-refractivity contribution in [3.05, 3.63) is 35.5 Å². The molecular formula is C16H27NOSi. The minimum Gasteiger partial charge on any atom is -0.507 e. The molecule has 2 nitrogen and oxygen atoms in total. The SMILES string of the molecule is CC(C)[Si](/C=C/c1ccccc1O)(C(C)C)N(C)C. The molecule has 0 bridgehead atoms. The summed E-state index contributed by atoms with van der Waals surface area (Å²) in [7, 11) is 2.67. The van der Waals surface area contributed by atoms with E-state index in [0.29, 0.717) is 16.8 Å². The van der Waals surface area contributed by atoms with E-state index in [4.69, 9.17) is 0 Å². The number of hydrogen-bond acceptors (Lipinski definition) is 2. The highest BCUT2D eigenvalue weighted by Crippen LogP contribution is 2.36. The second kappa shape index (κ2) is 6.39. The van der Waals surface area contributed by atoms with Gasteiger partial charge in [0.05, 0.1) is 0 Å². The summed E-state index contributed by atoms with van der Waals surface area (Å²) in [5, 5.41) is 9.87. The molecule has 0 aliphatic heterocycles. The highest BCUT2D eigenvalue weighted by Gasteiger charge is 2.40. The Hall–Kier alpha value is -1.06. The van der Waals surface area contributed by atoms with Gasteiger partial charge >= 0.3 is 0 Å². The van der Waals surface area contributed by atoms with Crippen LogP contribution in [0.5, 0.6) is 5.75 Å². The first-order chi connectivity index (χ1) is 8.82. The number of nitrogens with zero attached hydrogens (tertiary/aromatic N) is 1. The maximum absolute atomic E-state index is 9.87. The van der Waals surface area contributed by atoms with Gasteiger partial charge in [0.1, 0.15) is 5.75 Å². The summed E-state index contributed by atoms with van der Waals surface area (Å²) in [6.07, 6.45) is 2.10. The average molecular weight is 277 g/mol. The maximum atomic E-state index is 9.87. The number of rotatable bonds is 5. The van der Waals surface area contributed by atoms with Crippen molar-refractivity contribution >= 4 is 14.3 Å². The summed E-state index contributed by atoms with van der Waals surface area (Å²) in [6.45, 7) is 9.23. The van der Waals surface area contributed by atoms with Crippen LogP contribution >= 0.6 is 0 Å². The zero-order chi connectivity index (χ0) is 14.6. The number of aromatic hydroxyl groups is 1. The van der Waals surface area contributed by atoms with Gasteiger partial charge in [-0.2, -0.15) is 0 Å². The van der Waals surface area contributed by atoms with Crippen molar-refractivity contribution in [2.45, 2.75) is 38.8 Å². The van der Waals surface area contributed by atoms with Crippen LogP contribution < -0.4 is 0 Å². The summed E-state index contributed by atoms with van der Waals surface area (Å²) >= 11 is 0. The molecule has 1 N–H and O–H groups in total. The van der Waals surface area contributed by atoms with E-state index < -0.39 is 8.24 Å². The van der Waals surface area contributed by atoms with Gasteiger partial charge in [0.15, 0.2) is 8.24 Å². The van der Waals surface area contributed by atoms with Crippen molar-refractivity contribution in [3.63, 3.8) is 0 Å². The number of hydrogen-bond donors (Lipinski definition) is 1. The van der Waals surface area contributed by atoms with Gasteiger partial charge in [-0.25, -0.2) is 0 Å². The van der Waals surface area contributed by atoms with E-state index in [9.17, 15) is 5.11 Å². The van der Waals surface area contributed by atoms with Gasteiger partial charge in [-0.05, 0) is 31.2 Å². The van der Waals surface area contributed by atoms with Gasteiger partial charge in [-0.1, -0.05) is 57.7 Å². The van der Waals surface area contributed by atoms with Gasteiger partial charge in [-0.15, -0.1) is 0 Å². The van der Waals surface area contributed by atoms with Crippen molar-refractivity contribution in [2.24, 2.45) is 0 Å². The minimum atomic E-state index is -1.69. The fourth-order valence-electron chi connectivity index (χ4n) is 3.09. The third kappa shape index (κ3) is 3.28. The van der Waals surface area contributed by atoms with Crippen LogP contribution in [0, 0.1) is 0 Å². The molecule has 0 heterocycles. The lowest BCUT2D eigenvalue weighted by molar-refractivity contribution is 0.474. The molecule has 1 aromatic carbocycles. The van der Waals surface area contributed by atoms with Gasteiger partial charge in [-0.3, -0.25) is 0 Å². The van der Waals surface area contributed by atoms with E-state index in [2.05, 4.69) is 58.1 Å². The predicted octanol–water partition coefficient (Wildman–Crippen LogP) is 4.27. The highest BCUT2D eigenvalue weighted by atomic mass is 28.3. The second-order valence-corrected chi connectivity index (χ2v) is 11.3. The lowest BCUT2D eigenvalue weighted by atomic mass is 10.2. The molecule has 0 aliphatic carbocycles. The molecule has 0 spiro atoms. The second-order valence-electron chi connectivity index (χ2n) is 5.98. The van der Waals surface area contributed by atoms with Crippen LogP contribution in [0.2, 0.25) is 11.1 Å². The Morgan fingerprint density at radius 1 is 1.05 bits per heavy atom. The normalized spacial score (nSPS) is 13.1. The van der Waals surface area contributed by atoms with Crippen LogP contribution in [0.25, 0.3) is 6.08 Å². The van der Waals surface area contributed by atoms with Crippen molar-refractivity contribution in [3.8, 4) is 5.75 Å². The molecule has 0 radical (unpaired) electrons. The van der Waals surface area contributed by atoms with Crippen LogP contribution in [0.3, 0.4) is 0 Å². The molecule has 1 aromatic rings. The third-order valence-corrected chi connectivity index (χ3v) is 10.0. The Balaban J connectivity index is 3.18. The molecule has 0 amide bonds. The smallest absolute Gasteiger partial charge is 0.157 e. The Bertz CT molecular complexity index is 416. The molecule has 19 heavy (non-hydrogen) atoms. The zero-order valence-electron chi connectivity index (χ0n) is 13.0. The Labute approximate surface area is 118 Å². The monoisotopic (exact) mass is 277 g/mol. The molecule has 0 aromatic heterocycles. The van der Waals surface area contributed by atoms with Crippen molar-refractivity contribution in [2.75, 3.05) is 14.1 Å². The van der Waals surface area contributed by atoms with Crippen molar-refractivity contribution < 1.29 is 5.11 Å². The fourth-order valence-corrected chi connectivity index (χ4v) is 8.00. The summed E-state index contributed by atoms with van der Waals surface area (Å²) in [6, 6.07) is 7.52. The summed E-state index contributed by atoms with van der Waals surface area (Å²) in [5.41, 5.74) is 4.54. The van der Waals surface area contributed by atoms with Crippen LogP contribution in [0.4, 0.5) is 0 Å². The first kappa shape index (κ1) is 16.0. The van der Waals surface area contributed by atoms with Gasteiger partial charge in [0.25, 0.3) is 0 Å². The molecule has 106 valence electrons. The Morgan fingerprint density at radius 3 is 2.00 bits per heavy atom. The zero-order valence-corrected chi connectivity index (χ0v) is 14.0. The summed E-state index contributed by atoms with van der Waals surface area (Å²) in [4.78, 5) is 0. The summed E-state index contributed by atoms with van der Waals surface area (Å²) < 4.78 is 2.42. The number of phenols is 1. The van der Waals surface area contributed by atoms with Crippen LogP contribution in [-0.2, 0) is 0 Å². The first-order valence-electron chi connectivity index (χ1n) is 6.97. The highest BCUT2D eigenvalue weighted by molar-refractivity contribution is 6.84. The van der Waals surface area contributed by atoms with Crippen molar-refractivity contribution in [1.29, 1.82) is 0 Å². The first-order valence-corrected chi connectivity index (χ1v) is 9.15. The fraction of sp³-hybridized carbons (Fsp3) is 0.500. The molecule has 0 saturated heterocycles. The third-order valence-electron chi connectivity index (χ3n) is 4.09. The lowest BCUT2D eigenvalue weighted by Gasteiger charge is -2.42. The number of phenolic OH excluding ortho intramolecular Hbond substituents is 1. The predicted molar refractivity (Wildman–Crippen MR) is 86.8 cm³/mol. The van der Waals surface area contributed by atoms with Gasteiger partial charge in [0, 0.05) is 5.56 Å². The largest absolute Gasteiger partial charge is 0.507 e. The minimum absolute atomic E-state index is 0.355. The van der Waals surface area contributed by atoms with E-state index in [1.54, 1.807) is 6.07 Å². The summed E-state index contributed by atoms with van der Waals surface area (Å²) in [5.74, 6) is 0.355. The van der Waals surface area contributed by atoms with Crippen LogP contribution in [-0.4, -0.2) is 32.0 Å². The molecule has 0 atom stereocenters. The van der Waals surface area contributed by atoms with E-state index >= 15 is 0 Å².